The quantitative estimate of drug-likeness (QED) is 0.682. The number of benzene rings is 2. The number of fused-ring (bicyclic) bond motifs is 1. The van der Waals surface area contributed by atoms with E-state index in [9.17, 15) is 18.0 Å². The van der Waals surface area contributed by atoms with Crippen molar-refractivity contribution in [2.45, 2.75) is 19.8 Å². The van der Waals surface area contributed by atoms with Gasteiger partial charge in [0.15, 0.2) is 11.5 Å². The van der Waals surface area contributed by atoms with Gasteiger partial charge in [-0.15, -0.1) is 0 Å². The first-order valence-electron chi connectivity index (χ1n) is 10.5. The van der Waals surface area contributed by atoms with Crippen molar-refractivity contribution in [2.24, 2.45) is 0 Å². The zero-order chi connectivity index (χ0) is 22.7. The maximum Gasteiger partial charge on any atom is 0.255 e. The monoisotopic (exact) mass is 459 g/mol. The van der Waals surface area contributed by atoms with Crippen molar-refractivity contribution in [3.63, 3.8) is 0 Å². The molecular weight excluding hydrogens is 434 g/mol. The van der Waals surface area contributed by atoms with Gasteiger partial charge in [0.1, 0.15) is 6.54 Å². The van der Waals surface area contributed by atoms with Gasteiger partial charge in [-0.3, -0.25) is 13.9 Å². The highest BCUT2D eigenvalue weighted by molar-refractivity contribution is 7.92. The number of para-hydroxylation sites is 1. The largest absolute Gasteiger partial charge is 0.454 e. The van der Waals surface area contributed by atoms with E-state index >= 15 is 0 Å². The van der Waals surface area contributed by atoms with E-state index in [2.05, 4.69) is 5.32 Å². The number of amides is 2. The van der Waals surface area contributed by atoms with Crippen molar-refractivity contribution < 1.29 is 27.5 Å². The third-order valence-electron chi connectivity index (χ3n) is 5.46. The van der Waals surface area contributed by atoms with Gasteiger partial charge >= 0.3 is 0 Å². The van der Waals surface area contributed by atoms with E-state index in [1.54, 1.807) is 41.3 Å². The average Bonchev–Trinajstić information content (AvgIpc) is 3.49. The second-order valence-electron chi connectivity index (χ2n) is 7.54. The predicted octanol–water partition coefficient (Wildman–Crippen LogP) is 2.45. The SMILES string of the molecule is CCS(=O)(=O)N(CC(=O)Nc1ccccc1C(=O)N1CCCC1)c1ccc2c(c1)OCO2. The van der Waals surface area contributed by atoms with E-state index in [1.165, 1.54) is 13.0 Å². The predicted molar refractivity (Wildman–Crippen MR) is 120 cm³/mol. The minimum Gasteiger partial charge on any atom is -0.454 e. The Labute approximate surface area is 187 Å². The van der Waals surface area contributed by atoms with Crippen molar-refractivity contribution in [3.8, 4) is 11.5 Å². The molecule has 32 heavy (non-hydrogen) atoms. The number of nitrogens with one attached hydrogen (secondary N) is 1. The average molecular weight is 460 g/mol. The summed E-state index contributed by atoms with van der Waals surface area (Å²) >= 11 is 0. The number of sulfonamides is 1. The maximum absolute atomic E-state index is 12.9. The van der Waals surface area contributed by atoms with E-state index in [1.807, 2.05) is 0 Å². The molecule has 2 aromatic rings. The number of carbonyl (C=O) groups excluding carboxylic acids is 2. The number of rotatable bonds is 7. The zero-order valence-corrected chi connectivity index (χ0v) is 18.6. The summed E-state index contributed by atoms with van der Waals surface area (Å²) in [5, 5.41) is 2.72. The first-order chi connectivity index (χ1) is 15.4. The number of likely N-dealkylation sites (tertiary alicyclic amines) is 1. The van der Waals surface area contributed by atoms with Gasteiger partial charge in [-0.1, -0.05) is 12.1 Å². The van der Waals surface area contributed by atoms with E-state index in [4.69, 9.17) is 9.47 Å². The van der Waals surface area contributed by atoms with Crippen molar-refractivity contribution in [1.82, 2.24) is 4.90 Å². The van der Waals surface area contributed by atoms with Gasteiger partial charge in [-0.25, -0.2) is 8.42 Å². The van der Waals surface area contributed by atoms with Crippen LogP contribution in [-0.4, -0.2) is 57.3 Å². The van der Waals surface area contributed by atoms with E-state index in [0.29, 0.717) is 41.5 Å². The van der Waals surface area contributed by atoms with Gasteiger partial charge in [-0.05, 0) is 44.0 Å². The van der Waals surface area contributed by atoms with Gasteiger partial charge < -0.3 is 19.7 Å². The fourth-order valence-electron chi connectivity index (χ4n) is 3.74. The second-order valence-corrected chi connectivity index (χ2v) is 9.72. The number of hydrogen-bond donors (Lipinski definition) is 1. The molecule has 2 aliphatic heterocycles. The molecule has 2 aromatic carbocycles. The third kappa shape index (κ3) is 4.50. The fourth-order valence-corrected chi connectivity index (χ4v) is 4.80. The van der Waals surface area contributed by atoms with Crippen LogP contribution in [0, 0.1) is 0 Å². The Bertz CT molecular complexity index is 1130. The molecule has 0 aromatic heterocycles. The van der Waals surface area contributed by atoms with E-state index in [-0.39, 0.29) is 18.5 Å². The zero-order valence-electron chi connectivity index (χ0n) is 17.7. The molecule has 0 atom stereocenters. The Morgan fingerprint density at radius 2 is 1.78 bits per heavy atom. The van der Waals surface area contributed by atoms with Gasteiger partial charge in [0.05, 0.1) is 22.7 Å². The molecule has 2 heterocycles. The molecular formula is C22H25N3O6S. The van der Waals surface area contributed by atoms with Crippen LogP contribution in [0.4, 0.5) is 11.4 Å². The van der Waals surface area contributed by atoms with Gasteiger partial charge in [-0.2, -0.15) is 0 Å². The van der Waals surface area contributed by atoms with Crippen LogP contribution in [0.2, 0.25) is 0 Å². The van der Waals surface area contributed by atoms with Gasteiger partial charge in [0.2, 0.25) is 22.7 Å². The summed E-state index contributed by atoms with van der Waals surface area (Å²) < 4.78 is 37.2. The summed E-state index contributed by atoms with van der Waals surface area (Å²) in [6.45, 7) is 2.50. The third-order valence-corrected chi connectivity index (χ3v) is 7.20. The molecule has 1 fully saturated rings. The molecule has 0 saturated carbocycles. The number of nitrogens with zero attached hydrogens (tertiary/aromatic N) is 2. The van der Waals surface area contributed by atoms with Crippen molar-refractivity contribution in [2.75, 3.05) is 41.8 Å². The molecule has 1 N–H and O–H groups in total. The Balaban J connectivity index is 1.56. The smallest absolute Gasteiger partial charge is 0.255 e. The topological polar surface area (TPSA) is 105 Å². The first kappa shape index (κ1) is 21.9. The normalized spacial score (nSPS) is 15.0. The molecule has 0 spiro atoms. The second kappa shape index (κ2) is 9.07. The van der Waals surface area contributed by atoms with Crippen molar-refractivity contribution in [1.29, 1.82) is 0 Å². The van der Waals surface area contributed by atoms with E-state index in [0.717, 1.165) is 17.1 Å². The summed E-state index contributed by atoms with van der Waals surface area (Å²) in [5.41, 5.74) is 1.04. The Morgan fingerprint density at radius 3 is 2.53 bits per heavy atom. The van der Waals surface area contributed by atoms with Crippen LogP contribution in [0.1, 0.15) is 30.1 Å². The summed E-state index contributed by atoms with van der Waals surface area (Å²) in [6, 6.07) is 11.5. The summed E-state index contributed by atoms with van der Waals surface area (Å²) in [5.74, 6) is 0.0504. The van der Waals surface area contributed by atoms with Crippen LogP contribution in [0.3, 0.4) is 0 Å². The minimum atomic E-state index is -3.76. The molecule has 2 aliphatic rings. The van der Waals surface area contributed by atoms with E-state index < -0.39 is 22.5 Å². The fraction of sp³-hybridized carbons (Fsp3) is 0.364. The van der Waals surface area contributed by atoms with Gasteiger partial charge in [0, 0.05) is 19.2 Å². The molecule has 0 bridgehead atoms. The lowest BCUT2D eigenvalue weighted by Crippen LogP contribution is -2.39. The van der Waals surface area contributed by atoms with Crippen LogP contribution in [0.15, 0.2) is 42.5 Å². The van der Waals surface area contributed by atoms with Crippen LogP contribution in [0.25, 0.3) is 0 Å². The summed E-state index contributed by atoms with van der Waals surface area (Å²) in [7, 11) is -3.76. The van der Waals surface area contributed by atoms with Crippen molar-refractivity contribution in [3.05, 3.63) is 48.0 Å². The highest BCUT2D eigenvalue weighted by atomic mass is 32.2. The molecule has 9 nitrogen and oxygen atoms in total. The van der Waals surface area contributed by atoms with Crippen molar-refractivity contribution >= 4 is 33.2 Å². The maximum atomic E-state index is 12.9. The molecule has 2 amide bonds. The van der Waals surface area contributed by atoms with Crippen LogP contribution in [0.5, 0.6) is 11.5 Å². The number of hydrogen-bond acceptors (Lipinski definition) is 6. The summed E-state index contributed by atoms with van der Waals surface area (Å²) in [6.07, 6.45) is 1.92. The Morgan fingerprint density at radius 1 is 1.06 bits per heavy atom. The number of carbonyl (C=O) groups is 2. The number of anilines is 2. The van der Waals surface area contributed by atoms with Gasteiger partial charge in [0.25, 0.3) is 5.91 Å². The summed E-state index contributed by atoms with van der Waals surface area (Å²) in [4.78, 5) is 27.5. The molecule has 0 aliphatic carbocycles. The molecule has 170 valence electrons. The lowest BCUT2D eigenvalue weighted by atomic mass is 10.1. The standard InChI is InChI=1S/C22H25N3O6S/c1-2-32(28,29)25(16-9-10-19-20(13-16)31-15-30-19)14-21(26)23-18-8-4-3-7-17(18)22(27)24-11-5-6-12-24/h3-4,7-10,13H,2,5-6,11-12,14-15H2,1H3,(H,23,26). The molecule has 1 saturated heterocycles. The lowest BCUT2D eigenvalue weighted by molar-refractivity contribution is -0.114. The Kier molecular flexibility index (Phi) is 6.22. The minimum absolute atomic E-state index is 0.0572. The molecule has 0 unspecified atom stereocenters. The lowest BCUT2D eigenvalue weighted by Gasteiger charge is -2.24. The number of ether oxygens (including phenoxy) is 2. The highest BCUT2D eigenvalue weighted by Gasteiger charge is 2.27. The van der Waals surface area contributed by atoms with Crippen LogP contribution < -0.4 is 19.1 Å². The molecule has 4 rings (SSSR count). The Hall–Kier alpha value is -3.27. The molecule has 10 heteroatoms. The van der Waals surface area contributed by atoms with Crippen LogP contribution >= 0.6 is 0 Å². The first-order valence-corrected chi connectivity index (χ1v) is 12.1. The highest BCUT2D eigenvalue weighted by Crippen LogP contribution is 2.36. The van der Waals surface area contributed by atoms with Crippen LogP contribution in [-0.2, 0) is 14.8 Å². The molecule has 0 radical (unpaired) electrons.